The molecule has 1 aliphatic carbocycles. The van der Waals surface area contributed by atoms with Gasteiger partial charge in [0.1, 0.15) is 0 Å². The highest BCUT2D eigenvalue weighted by molar-refractivity contribution is 4.82. The summed E-state index contributed by atoms with van der Waals surface area (Å²) in [6.45, 7) is 7.82. The second-order valence-electron chi connectivity index (χ2n) is 5.40. The molecule has 1 fully saturated rings. The van der Waals surface area contributed by atoms with Crippen LogP contribution in [0.5, 0.6) is 0 Å². The van der Waals surface area contributed by atoms with Gasteiger partial charge in [0.2, 0.25) is 0 Å². The second kappa shape index (κ2) is 5.13. The van der Waals surface area contributed by atoms with E-state index in [4.69, 9.17) is 5.73 Å². The first-order chi connectivity index (χ1) is 6.59. The Morgan fingerprint density at radius 2 is 2.07 bits per heavy atom. The molecule has 0 aromatic carbocycles. The molecule has 2 nitrogen and oxygen atoms in total. The third-order valence-electron chi connectivity index (χ3n) is 3.26. The van der Waals surface area contributed by atoms with Gasteiger partial charge in [-0.2, -0.15) is 0 Å². The van der Waals surface area contributed by atoms with Crippen LogP contribution in [-0.4, -0.2) is 31.6 Å². The number of nitrogens with two attached hydrogens (primary N) is 1. The van der Waals surface area contributed by atoms with Crippen LogP contribution >= 0.6 is 0 Å². The lowest BCUT2D eigenvalue weighted by Crippen LogP contribution is -2.39. The average molecular weight is 198 g/mol. The van der Waals surface area contributed by atoms with Crippen molar-refractivity contribution >= 4 is 0 Å². The predicted molar refractivity (Wildman–Crippen MR) is 62.3 cm³/mol. The van der Waals surface area contributed by atoms with Gasteiger partial charge in [-0.15, -0.1) is 0 Å². The summed E-state index contributed by atoms with van der Waals surface area (Å²) in [4.78, 5) is 2.47. The SMILES string of the molecule is CCCC(C)(CN)CN(C)CC1CC1. The Morgan fingerprint density at radius 3 is 2.50 bits per heavy atom. The third kappa shape index (κ3) is 3.97. The monoisotopic (exact) mass is 198 g/mol. The summed E-state index contributed by atoms with van der Waals surface area (Å²) in [7, 11) is 2.24. The molecule has 0 aliphatic heterocycles. The van der Waals surface area contributed by atoms with Gasteiger partial charge in [-0.1, -0.05) is 20.3 Å². The van der Waals surface area contributed by atoms with Crippen molar-refractivity contribution in [2.75, 3.05) is 26.7 Å². The van der Waals surface area contributed by atoms with Crippen LogP contribution in [0.15, 0.2) is 0 Å². The van der Waals surface area contributed by atoms with E-state index in [9.17, 15) is 0 Å². The van der Waals surface area contributed by atoms with Crippen molar-refractivity contribution < 1.29 is 0 Å². The molecule has 0 aromatic rings. The predicted octanol–water partition coefficient (Wildman–Crippen LogP) is 2.09. The first kappa shape index (κ1) is 12.0. The Bertz CT molecular complexity index is 166. The van der Waals surface area contributed by atoms with E-state index in [1.165, 1.54) is 32.2 Å². The molecular formula is C12H26N2. The topological polar surface area (TPSA) is 29.3 Å². The van der Waals surface area contributed by atoms with E-state index in [0.29, 0.717) is 5.41 Å². The van der Waals surface area contributed by atoms with E-state index in [2.05, 4.69) is 25.8 Å². The fourth-order valence-electron chi connectivity index (χ4n) is 2.31. The Labute approximate surface area is 88.8 Å². The third-order valence-corrected chi connectivity index (χ3v) is 3.26. The molecule has 0 amide bonds. The molecule has 1 rings (SSSR count). The quantitative estimate of drug-likeness (QED) is 0.679. The molecule has 0 saturated heterocycles. The van der Waals surface area contributed by atoms with Crippen LogP contribution in [0.3, 0.4) is 0 Å². The number of rotatable bonds is 7. The smallest absolute Gasteiger partial charge is 0.00445 e. The Hall–Kier alpha value is -0.0800. The molecule has 0 spiro atoms. The Balaban J connectivity index is 2.28. The van der Waals surface area contributed by atoms with Crippen molar-refractivity contribution in [1.82, 2.24) is 4.90 Å². The minimum atomic E-state index is 0.332. The van der Waals surface area contributed by atoms with Crippen LogP contribution < -0.4 is 5.73 Å². The van der Waals surface area contributed by atoms with Gasteiger partial charge in [-0.3, -0.25) is 0 Å². The summed E-state index contributed by atoms with van der Waals surface area (Å²) in [5.74, 6) is 0.989. The summed E-state index contributed by atoms with van der Waals surface area (Å²) < 4.78 is 0. The first-order valence-corrected chi connectivity index (χ1v) is 5.98. The zero-order chi connectivity index (χ0) is 10.6. The van der Waals surface area contributed by atoms with Gasteiger partial charge in [0.05, 0.1) is 0 Å². The zero-order valence-corrected chi connectivity index (χ0v) is 10.1. The molecule has 1 aliphatic rings. The number of hydrogen-bond donors (Lipinski definition) is 1. The molecule has 0 heterocycles. The standard InChI is InChI=1S/C12H26N2/c1-4-7-12(2,9-13)10-14(3)8-11-5-6-11/h11H,4-10,13H2,1-3H3. The summed E-state index contributed by atoms with van der Waals surface area (Å²) in [6.07, 6.45) is 5.37. The number of nitrogens with zero attached hydrogens (tertiary/aromatic N) is 1. The van der Waals surface area contributed by atoms with Gasteiger partial charge < -0.3 is 10.6 Å². The van der Waals surface area contributed by atoms with E-state index >= 15 is 0 Å². The molecule has 0 aromatic heterocycles. The van der Waals surface area contributed by atoms with Crippen molar-refractivity contribution in [3.8, 4) is 0 Å². The normalized spacial score (nSPS) is 21.2. The highest BCUT2D eigenvalue weighted by Gasteiger charge is 2.27. The van der Waals surface area contributed by atoms with Gasteiger partial charge in [-0.25, -0.2) is 0 Å². The Kier molecular flexibility index (Phi) is 4.39. The van der Waals surface area contributed by atoms with Gasteiger partial charge in [0, 0.05) is 13.1 Å². The van der Waals surface area contributed by atoms with Crippen molar-refractivity contribution in [3.63, 3.8) is 0 Å². The molecule has 14 heavy (non-hydrogen) atoms. The van der Waals surface area contributed by atoms with E-state index in [-0.39, 0.29) is 0 Å². The van der Waals surface area contributed by atoms with Crippen LogP contribution in [0.25, 0.3) is 0 Å². The van der Waals surface area contributed by atoms with Crippen molar-refractivity contribution in [3.05, 3.63) is 0 Å². The van der Waals surface area contributed by atoms with E-state index in [0.717, 1.165) is 19.0 Å². The van der Waals surface area contributed by atoms with Crippen LogP contribution in [0.4, 0.5) is 0 Å². The lowest BCUT2D eigenvalue weighted by molar-refractivity contribution is 0.180. The maximum Gasteiger partial charge on any atom is 0.00445 e. The maximum atomic E-state index is 5.86. The van der Waals surface area contributed by atoms with Gasteiger partial charge in [0.25, 0.3) is 0 Å². The summed E-state index contributed by atoms with van der Waals surface area (Å²) >= 11 is 0. The van der Waals surface area contributed by atoms with Crippen molar-refractivity contribution in [2.45, 2.75) is 39.5 Å². The summed E-state index contributed by atoms with van der Waals surface area (Å²) in [5.41, 5.74) is 6.19. The minimum absolute atomic E-state index is 0.332. The van der Waals surface area contributed by atoms with E-state index in [1.54, 1.807) is 0 Å². The van der Waals surface area contributed by atoms with Gasteiger partial charge in [-0.05, 0) is 44.2 Å². The number of hydrogen-bond acceptors (Lipinski definition) is 2. The van der Waals surface area contributed by atoms with Gasteiger partial charge >= 0.3 is 0 Å². The van der Waals surface area contributed by atoms with Crippen LogP contribution in [0.2, 0.25) is 0 Å². The zero-order valence-electron chi connectivity index (χ0n) is 10.1. The van der Waals surface area contributed by atoms with E-state index < -0.39 is 0 Å². The fourth-order valence-corrected chi connectivity index (χ4v) is 2.31. The fraction of sp³-hybridized carbons (Fsp3) is 1.00. The van der Waals surface area contributed by atoms with Crippen LogP contribution in [0.1, 0.15) is 39.5 Å². The highest BCUT2D eigenvalue weighted by Crippen LogP contribution is 2.31. The molecule has 2 heteroatoms. The molecule has 1 saturated carbocycles. The highest BCUT2D eigenvalue weighted by atomic mass is 15.1. The van der Waals surface area contributed by atoms with Crippen molar-refractivity contribution in [2.24, 2.45) is 17.1 Å². The van der Waals surface area contributed by atoms with Crippen molar-refractivity contribution in [1.29, 1.82) is 0 Å². The van der Waals surface area contributed by atoms with Gasteiger partial charge in [0.15, 0.2) is 0 Å². The second-order valence-corrected chi connectivity index (χ2v) is 5.40. The molecule has 0 bridgehead atoms. The maximum absolute atomic E-state index is 5.86. The largest absolute Gasteiger partial charge is 0.330 e. The lowest BCUT2D eigenvalue weighted by atomic mass is 9.85. The molecule has 2 N–H and O–H groups in total. The first-order valence-electron chi connectivity index (χ1n) is 5.98. The molecule has 1 unspecified atom stereocenters. The lowest BCUT2D eigenvalue weighted by Gasteiger charge is -2.32. The summed E-state index contributed by atoms with van der Waals surface area (Å²) in [5, 5.41) is 0. The minimum Gasteiger partial charge on any atom is -0.330 e. The van der Waals surface area contributed by atoms with Crippen LogP contribution in [0, 0.1) is 11.3 Å². The molecule has 1 atom stereocenters. The van der Waals surface area contributed by atoms with E-state index in [1.807, 2.05) is 0 Å². The summed E-state index contributed by atoms with van der Waals surface area (Å²) in [6, 6.07) is 0. The average Bonchev–Trinajstić information content (AvgIpc) is 2.88. The molecule has 0 radical (unpaired) electrons. The van der Waals surface area contributed by atoms with Crippen LogP contribution in [-0.2, 0) is 0 Å². The molecule has 84 valence electrons. The Morgan fingerprint density at radius 1 is 1.43 bits per heavy atom. The molecular weight excluding hydrogens is 172 g/mol.